The minimum atomic E-state index is -0.573. The van der Waals surface area contributed by atoms with Gasteiger partial charge in [-0.1, -0.05) is 35.9 Å². The number of halogens is 2. The van der Waals surface area contributed by atoms with Gasteiger partial charge < -0.3 is 26.2 Å². The van der Waals surface area contributed by atoms with Crippen LogP contribution >= 0.6 is 11.6 Å². The molecule has 1 fully saturated rings. The number of allylic oxidation sites excluding steroid dienone is 1. The van der Waals surface area contributed by atoms with Crippen molar-refractivity contribution in [2.24, 2.45) is 9.98 Å². The molecule has 0 radical (unpaired) electrons. The van der Waals surface area contributed by atoms with Gasteiger partial charge in [-0.2, -0.15) is 4.99 Å². The van der Waals surface area contributed by atoms with Crippen molar-refractivity contribution in [2.75, 3.05) is 42.1 Å². The SMILES string of the molecule is C=N/C(=N\C(Nc1ccc(C(=O)Nc2ccccc2Cl)cc1)=C(/C)F)Nc1ccc(CC(=O)N2CCCNCC2)cc1. The van der Waals surface area contributed by atoms with Crippen molar-refractivity contribution in [2.45, 2.75) is 19.8 Å². The number of carbonyl (C=O) groups excluding carboxylic acids is 2. The fraction of sp³-hybridized carbons (Fsp3) is 0.226. The monoisotopic (exact) mass is 589 g/mol. The summed E-state index contributed by atoms with van der Waals surface area (Å²) >= 11 is 6.12. The molecule has 0 saturated carbocycles. The first-order valence-electron chi connectivity index (χ1n) is 13.5. The summed E-state index contributed by atoms with van der Waals surface area (Å²) in [5.74, 6) is -0.806. The number of nitrogens with one attached hydrogen (secondary N) is 4. The van der Waals surface area contributed by atoms with Gasteiger partial charge in [0.2, 0.25) is 11.9 Å². The van der Waals surface area contributed by atoms with E-state index in [9.17, 15) is 14.0 Å². The normalized spacial score (nSPS) is 14.4. The zero-order valence-corrected chi connectivity index (χ0v) is 24.0. The molecule has 1 heterocycles. The third-order valence-corrected chi connectivity index (χ3v) is 6.81. The highest BCUT2D eigenvalue weighted by Gasteiger charge is 2.16. The van der Waals surface area contributed by atoms with Gasteiger partial charge in [0.05, 0.1) is 17.1 Å². The number of hydrogen-bond acceptors (Lipinski definition) is 5. The molecule has 1 saturated heterocycles. The molecule has 1 aliphatic heterocycles. The molecule has 11 heteroatoms. The fourth-order valence-corrected chi connectivity index (χ4v) is 4.40. The van der Waals surface area contributed by atoms with Gasteiger partial charge in [0.25, 0.3) is 5.91 Å². The van der Waals surface area contributed by atoms with Crippen LogP contribution in [-0.4, -0.2) is 55.6 Å². The van der Waals surface area contributed by atoms with E-state index in [1.165, 1.54) is 6.92 Å². The number of carbonyl (C=O) groups is 2. The number of rotatable bonds is 8. The van der Waals surface area contributed by atoms with E-state index in [0.717, 1.165) is 31.6 Å². The predicted molar refractivity (Wildman–Crippen MR) is 168 cm³/mol. The van der Waals surface area contributed by atoms with Crippen LogP contribution < -0.4 is 21.3 Å². The van der Waals surface area contributed by atoms with Crippen molar-refractivity contribution in [3.63, 3.8) is 0 Å². The summed E-state index contributed by atoms with van der Waals surface area (Å²) in [4.78, 5) is 35.3. The lowest BCUT2D eigenvalue weighted by molar-refractivity contribution is -0.130. The summed E-state index contributed by atoms with van der Waals surface area (Å²) < 4.78 is 14.4. The number of amides is 2. The van der Waals surface area contributed by atoms with Gasteiger partial charge >= 0.3 is 0 Å². The van der Waals surface area contributed by atoms with Crippen molar-refractivity contribution >= 4 is 53.2 Å². The lowest BCUT2D eigenvalue weighted by atomic mass is 10.1. The van der Waals surface area contributed by atoms with Crippen molar-refractivity contribution in [3.05, 3.63) is 101 Å². The molecular weight excluding hydrogens is 557 g/mol. The highest BCUT2D eigenvalue weighted by atomic mass is 35.5. The molecule has 0 aromatic heterocycles. The number of hydrogen-bond donors (Lipinski definition) is 4. The van der Waals surface area contributed by atoms with E-state index in [2.05, 4.69) is 38.0 Å². The largest absolute Gasteiger partial charge is 0.341 e. The van der Waals surface area contributed by atoms with E-state index in [1.807, 2.05) is 17.0 Å². The highest BCUT2D eigenvalue weighted by Crippen LogP contribution is 2.22. The Morgan fingerprint density at radius 2 is 1.64 bits per heavy atom. The molecule has 0 aliphatic carbocycles. The summed E-state index contributed by atoms with van der Waals surface area (Å²) in [5.41, 5.74) is 2.96. The number of aliphatic imine (C=N–C) groups is 2. The molecule has 1 aliphatic rings. The third kappa shape index (κ3) is 8.73. The number of nitrogens with zero attached hydrogens (tertiary/aromatic N) is 3. The second-order valence-corrected chi connectivity index (χ2v) is 10.0. The molecule has 4 rings (SSSR count). The van der Waals surface area contributed by atoms with Gasteiger partial charge in [0.15, 0.2) is 5.82 Å². The summed E-state index contributed by atoms with van der Waals surface area (Å²) in [6, 6.07) is 20.7. The van der Waals surface area contributed by atoms with Crippen LogP contribution in [0.5, 0.6) is 0 Å². The van der Waals surface area contributed by atoms with Crippen molar-refractivity contribution in [3.8, 4) is 0 Å². The van der Waals surface area contributed by atoms with Crippen LogP contribution in [0.1, 0.15) is 29.3 Å². The van der Waals surface area contributed by atoms with E-state index in [4.69, 9.17) is 11.6 Å². The summed E-state index contributed by atoms with van der Waals surface area (Å²) in [5, 5.41) is 12.4. The predicted octanol–water partition coefficient (Wildman–Crippen LogP) is 5.70. The molecule has 218 valence electrons. The number of guanidine groups is 1. The van der Waals surface area contributed by atoms with Crippen LogP contribution in [0.4, 0.5) is 21.5 Å². The fourth-order valence-electron chi connectivity index (χ4n) is 4.22. The average Bonchev–Trinajstić information content (AvgIpc) is 3.29. The Hall–Kier alpha value is -4.54. The van der Waals surface area contributed by atoms with Crippen LogP contribution in [0, 0.1) is 0 Å². The molecule has 0 bridgehead atoms. The Balaban J connectivity index is 1.37. The minimum absolute atomic E-state index is 0.0751. The van der Waals surface area contributed by atoms with E-state index in [-0.39, 0.29) is 23.6 Å². The second kappa shape index (κ2) is 14.9. The zero-order valence-electron chi connectivity index (χ0n) is 23.3. The van der Waals surface area contributed by atoms with Crippen molar-refractivity contribution < 1.29 is 14.0 Å². The van der Waals surface area contributed by atoms with Crippen molar-refractivity contribution in [1.82, 2.24) is 10.2 Å². The van der Waals surface area contributed by atoms with Crippen molar-refractivity contribution in [1.29, 1.82) is 0 Å². The van der Waals surface area contributed by atoms with E-state index < -0.39 is 5.83 Å². The molecule has 9 nitrogen and oxygen atoms in total. The van der Waals surface area contributed by atoms with Crippen LogP contribution in [0.2, 0.25) is 5.02 Å². The number of para-hydroxylation sites is 1. The van der Waals surface area contributed by atoms with Crippen LogP contribution in [0.15, 0.2) is 94.4 Å². The molecule has 3 aromatic rings. The molecule has 0 unspecified atom stereocenters. The Bertz CT molecular complexity index is 1460. The van der Waals surface area contributed by atoms with Crippen LogP contribution in [0.25, 0.3) is 0 Å². The Morgan fingerprint density at radius 1 is 0.952 bits per heavy atom. The molecular formula is C31H33ClFN7O2. The van der Waals surface area contributed by atoms with E-state index in [0.29, 0.717) is 40.6 Å². The summed E-state index contributed by atoms with van der Waals surface area (Å²) in [6.07, 6.45) is 1.26. The molecule has 0 spiro atoms. The second-order valence-electron chi connectivity index (χ2n) is 9.59. The maximum absolute atomic E-state index is 14.4. The zero-order chi connectivity index (χ0) is 29.9. The molecule has 42 heavy (non-hydrogen) atoms. The maximum Gasteiger partial charge on any atom is 0.255 e. The first-order chi connectivity index (χ1) is 20.3. The minimum Gasteiger partial charge on any atom is -0.341 e. The Morgan fingerprint density at radius 3 is 2.33 bits per heavy atom. The van der Waals surface area contributed by atoms with Gasteiger partial charge in [0, 0.05) is 36.6 Å². The van der Waals surface area contributed by atoms with Gasteiger partial charge in [-0.25, -0.2) is 9.38 Å². The molecule has 0 atom stereocenters. The maximum atomic E-state index is 14.4. The quantitative estimate of drug-likeness (QED) is 0.199. The Labute approximate surface area is 249 Å². The molecule has 2 amide bonds. The lowest BCUT2D eigenvalue weighted by Crippen LogP contribution is -2.35. The number of anilines is 3. The van der Waals surface area contributed by atoms with Crippen LogP contribution in [-0.2, 0) is 11.2 Å². The molecule has 4 N–H and O–H groups in total. The van der Waals surface area contributed by atoms with Gasteiger partial charge in [0.1, 0.15) is 5.83 Å². The first kappa shape index (κ1) is 30.4. The number of benzene rings is 3. The lowest BCUT2D eigenvalue weighted by Gasteiger charge is -2.20. The summed E-state index contributed by atoms with van der Waals surface area (Å²) in [6.45, 7) is 8.01. The first-order valence-corrected chi connectivity index (χ1v) is 13.9. The van der Waals surface area contributed by atoms with E-state index in [1.54, 1.807) is 60.7 Å². The summed E-state index contributed by atoms with van der Waals surface area (Å²) in [7, 11) is 0. The third-order valence-electron chi connectivity index (χ3n) is 6.48. The topological polar surface area (TPSA) is 110 Å². The average molecular weight is 590 g/mol. The van der Waals surface area contributed by atoms with Crippen LogP contribution in [0.3, 0.4) is 0 Å². The van der Waals surface area contributed by atoms with E-state index >= 15 is 0 Å². The van der Waals surface area contributed by atoms with Gasteiger partial charge in [-0.05, 0) is 80.7 Å². The molecule has 3 aromatic carbocycles. The highest BCUT2D eigenvalue weighted by molar-refractivity contribution is 6.33. The smallest absolute Gasteiger partial charge is 0.255 e. The Kier molecular flexibility index (Phi) is 10.8. The van der Waals surface area contributed by atoms with Gasteiger partial charge in [-0.3, -0.25) is 9.59 Å². The standard InChI is InChI=1S/C31H33ClFN7O2/c1-21(33)29(36-24-14-10-23(11-15-24)30(42)38-27-7-4-3-6-26(27)32)39-31(34-2)37-25-12-8-22(9-13-25)20-28(41)40-18-5-16-35-17-19-40/h3-4,6-15,35-36H,2,5,16-20H2,1H3,(H,37,39)(H,38,42)/b29-21+. The van der Waals surface area contributed by atoms with Gasteiger partial charge in [-0.15, -0.1) is 0 Å².